The van der Waals surface area contributed by atoms with E-state index in [-0.39, 0.29) is 40.8 Å². The van der Waals surface area contributed by atoms with Crippen molar-refractivity contribution in [1.82, 2.24) is 0 Å². The third kappa shape index (κ3) is 2.77. The third-order valence-corrected chi connectivity index (χ3v) is 2.70. The van der Waals surface area contributed by atoms with E-state index in [1.54, 1.807) is 0 Å². The summed E-state index contributed by atoms with van der Waals surface area (Å²) in [6.07, 6.45) is 0.0120. The molecule has 0 aliphatic heterocycles. The fourth-order valence-corrected chi connectivity index (χ4v) is 1.66. The first-order chi connectivity index (χ1) is 8.97. The molecule has 0 heterocycles. The highest BCUT2D eigenvalue weighted by Crippen LogP contribution is 2.27. The second-order valence-electron chi connectivity index (χ2n) is 4.13. The summed E-state index contributed by atoms with van der Waals surface area (Å²) >= 11 is 0. The molecule has 0 unspecified atom stereocenters. The number of rotatable bonds is 3. The number of aromatic hydroxyl groups is 4. The molecule has 0 aliphatic rings. The Morgan fingerprint density at radius 3 is 1.95 bits per heavy atom. The number of ketones is 1. The summed E-state index contributed by atoms with van der Waals surface area (Å²) in [7, 11) is 0. The van der Waals surface area contributed by atoms with Gasteiger partial charge in [-0.3, -0.25) is 4.79 Å². The molecule has 0 saturated heterocycles. The summed E-state index contributed by atoms with van der Waals surface area (Å²) in [5.41, 5.74) is 0.788. The van der Waals surface area contributed by atoms with Crippen LogP contribution in [0.2, 0.25) is 0 Å². The Hall–Kier alpha value is -2.69. The first-order valence-corrected chi connectivity index (χ1v) is 5.53. The highest BCUT2D eigenvalue weighted by atomic mass is 16.3. The van der Waals surface area contributed by atoms with Gasteiger partial charge in [0.15, 0.2) is 28.8 Å². The lowest BCUT2D eigenvalue weighted by atomic mass is 10.0. The second-order valence-corrected chi connectivity index (χ2v) is 4.13. The van der Waals surface area contributed by atoms with E-state index < -0.39 is 0 Å². The fourth-order valence-electron chi connectivity index (χ4n) is 1.66. The molecule has 0 aliphatic carbocycles. The van der Waals surface area contributed by atoms with Crippen LogP contribution in [0.3, 0.4) is 0 Å². The van der Waals surface area contributed by atoms with Crippen LogP contribution in [0.5, 0.6) is 23.0 Å². The van der Waals surface area contributed by atoms with E-state index in [1.807, 2.05) is 0 Å². The predicted octanol–water partition coefficient (Wildman–Crippen LogP) is 1.93. The minimum Gasteiger partial charge on any atom is -0.504 e. The van der Waals surface area contributed by atoms with E-state index in [2.05, 4.69) is 0 Å². The molecule has 0 radical (unpaired) electrons. The monoisotopic (exact) mass is 260 g/mol. The number of phenols is 4. The van der Waals surface area contributed by atoms with Crippen LogP contribution < -0.4 is 0 Å². The minimum atomic E-state index is -0.362. The maximum Gasteiger partial charge on any atom is 0.167 e. The SMILES string of the molecule is O=C(Cc1ccc(O)c(O)c1)c1ccc(O)c(O)c1. The molecule has 0 amide bonds. The lowest BCUT2D eigenvalue weighted by Crippen LogP contribution is -2.03. The van der Waals surface area contributed by atoms with Gasteiger partial charge in [0.05, 0.1) is 0 Å². The van der Waals surface area contributed by atoms with Gasteiger partial charge in [-0.2, -0.15) is 0 Å². The van der Waals surface area contributed by atoms with Gasteiger partial charge in [0.2, 0.25) is 0 Å². The van der Waals surface area contributed by atoms with Crippen LogP contribution in [0.1, 0.15) is 15.9 Å². The molecule has 5 nitrogen and oxygen atoms in total. The van der Waals surface area contributed by atoms with Crippen molar-refractivity contribution in [1.29, 1.82) is 0 Å². The Labute approximate surface area is 109 Å². The van der Waals surface area contributed by atoms with E-state index in [0.29, 0.717) is 5.56 Å². The molecule has 2 rings (SSSR count). The molecule has 19 heavy (non-hydrogen) atoms. The van der Waals surface area contributed by atoms with Gasteiger partial charge in [0.25, 0.3) is 0 Å². The van der Waals surface area contributed by atoms with E-state index in [9.17, 15) is 15.0 Å². The number of Topliss-reactive ketones (excluding diaryl/α,β-unsaturated/α-hetero) is 1. The quantitative estimate of drug-likeness (QED) is 0.499. The highest BCUT2D eigenvalue weighted by molar-refractivity contribution is 5.98. The van der Waals surface area contributed by atoms with Crippen molar-refractivity contribution in [2.24, 2.45) is 0 Å². The number of hydrogen-bond acceptors (Lipinski definition) is 5. The normalized spacial score (nSPS) is 10.3. The van der Waals surface area contributed by atoms with Gasteiger partial charge < -0.3 is 20.4 Å². The molecular weight excluding hydrogens is 248 g/mol. The second kappa shape index (κ2) is 4.89. The first kappa shape index (κ1) is 12.8. The largest absolute Gasteiger partial charge is 0.504 e. The molecule has 4 N–H and O–H groups in total. The molecule has 98 valence electrons. The summed E-state index contributed by atoms with van der Waals surface area (Å²) in [5.74, 6) is -1.48. The number of phenolic OH excluding ortho intramolecular Hbond substituents is 4. The average Bonchev–Trinajstić information content (AvgIpc) is 2.37. The topological polar surface area (TPSA) is 98.0 Å². The predicted molar refractivity (Wildman–Crippen MR) is 67.6 cm³/mol. The molecule has 0 fully saturated rings. The van der Waals surface area contributed by atoms with E-state index in [1.165, 1.54) is 36.4 Å². The van der Waals surface area contributed by atoms with Crippen molar-refractivity contribution in [3.05, 3.63) is 47.5 Å². The maximum absolute atomic E-state index is 11.9. The number of carbonyl (C=O) groups is 1. The van der Waals surface area contributed by atoms with Crippen molar-refractivity contribution in [2.45, 2.75) is 6.42 Å². The van der Waals surface area contributed by atoms with Crippen LogP contribution in [-0.4, -0.2) is 26.2 Å². The molecular formula is C14H12O5. The lowest BCUT2D eigenvalue weighted by Gasteiger charge is -2.05. The summed E-state index contributed by atoms with van der Waals surface area (Å²) < 4.78 is 0. The Balaban J connectivity index is 2.20. The van der Waals surface area contributed by atoms with Gasteiger partial charge in [-0.25, -0.2) is 0 Å². The van der Waals surface area contributed by atoms with Crippen molar-refractivity contribution >= 4 is 5.78 Å². The molecule has 0 bridgehead atoms. The van der Waals surface area contributed by atoms with Crippen molar-refractivity contribution in [3.8, 4) is 23.0 Å². The van der Waals surface area contributed by atoms with Crippen molar-refractivity contribution < 1.29 is 25.2 Å². The minimum absolute atomic E-state index is 0.0120. The van der Waals surface area contributed by atoms with Crippen molar-refractivity contribution in [2.75, 3.05) is 0 Å². The molecule has 0 spiro atoms. The fraction of sp³-hybridized carbons (Fsp3) is 0.0714. The average molecular weight is 260 g/mol. The van der Waals surface area contributed by atoms with Crippen LogP contribution in [0.15, 0.2) is 36.4 Å². The van der Waals surface area contributed by atoms with Crippen LogP contribution >= 0.6 is 0 Å². The molecule has 0 atom stereocenters. The third-order valence-electron chi connectivity index (χ3n) is 2.70. The van der Waals surface area contributed by atoms with Gasteiger partial charge in [-0.05, 0) is 35.9 Å². The van der Waals surface area contributed by atoms with E-state index in [4.69, 9.17) is 10.2 Å². The Bertz CT molecular complexity index is 634. The van der Waals surface area contributed by atoms with Gasteiger partial charge in [-0.1, -0.05) is 6.07 Å². The Morgan fingerprint density at radius 1 is 0.789 bits per heavy atom. The number of hydrogen-bond donors (Lipinski definition) is 4. The van der Waals surface area contributed by atoms with Crippen LogP contribution in [0, 0.1) is 0 Å². The highest BCUT2D eigenvalue weighted by Gasteiger charge is 2.11. The van der Waals surface area contributed by atoms with Gasteiger partial charge in [0.1, 0.15) is 0 Å². The Kier molecular flexibility index (Phi) is 3.29. The van der Waals surface area contributed by atoms with Gasteiger partial charge >= 0.3 is 0 Å². The van der Waals surface area contributed by atoms with E-state index >= 15 is 0 Å². The molecule has 0 saturated carbocycles. The molecule has 0 aromatic heterocycles. The summed E-state index contributed by atoms with van der Waals surface area (Å²) in [6.45, 7) is 0. The zero-order chi connectivity index (χ0) is 14.0. The number of carbonyl (C=O) groups excluding carboxylic acids is 1. The summed E-state index contributed by atoms with van der Waals surface area (Å²) in [6, 6.07) is 7.93. The molecule has 5 heteroatoms. The summed E-state index contributed by atoms with van der Waals surface area (Å²) in [4.78, 5) is 11.9. The lowest BCUT2D eigenvalue weighted by molar-refractivity contribution is 0.0992. The van der Waals surface area contributed by atoms with Gasteiger partial charge in [0, 0.05) is 12.0 Å². The smallest absolute Gasteiger partial charge is 0.167 e. The summed E-state index contributed by atoms with van der Waals surface area (Å²) in [5, 5.41) is 37.0. The van der Waals surface area contributed by atoms with Crippen LogP contribution in [0.4, 0.5) is 0 Å². The standard InChI is InChI=1S/C14H12O5/c15-10-3-1-8(6-13(10)18)5-12(17)9-2-4-11(16)14(19)7-9/h1-4,6-7,15-16,18-19H,5H2. The molecule has 2 aromatic carbocycles. The first-order valence-electron chi connectivity index (χ1n) is 5.53. The zero-order valence-corrected chi connectivity index (χ0v) is 9.87. The zero-order valence-electron chi connectivity index (χ0n) is 9.87. The van der Waals surface area contributed by atoms with Crippen molar-refractivity contribution in [3.63, 3.8) is 0 Å². The van der Waals surface area contributed by atoms with E-state index in [0.717, 1.165) is 0 Å². The molecule has 2 aromatic rings. The van der Waals surface area contributed by atoms with Gasteiger partial charge in [-0.15, -0.1) is 0 Å². The van der Waals surface area contributed by atoms with Crippen LogP contribution in [-0.2, 0) is 6.42 Å². The Morgan fingerprint density at radius 2 is 1.37 bits per heavy atom. The number of benzene rings is 2. The van der Waals surface area contributed by atoms with Crippen LogP contribution in [0.25, 0.3) is 0 Å². The maximum atomic E-state index is 11.9.